The lowest BCUT2D eigenvalue weighted by atomic mass is 9.80. The average Bonchev–Trinajstić information content (AvgIpc) is 2.38. The summed E-state index contributed by atoms with van der Waals surface area (Å²) in [5, 5.41) is 10.8. The fourth-order valence-electron chi connectivity index (χ4n) is 2.94. The summed E-state index contributed by atoms with van der Waals surface area (Å²) in [6, 6.07) is 8.76. The molecule has 3 rings (SSSR count). The molecule has 0 bridgehead atoms. The second kappa shape index (κ2) is 5.66. The van der Waals surface area contributed by atoms with Crippen molar-refractivity contribution in [1.29, 1.82) is 0 Å². The third kappa shape index (κ3) is 2.60. The van der Waals surface area contributed by atoms with Crippen molar-refractivity contribution in [1.82, 2.24) is 0 Å². The van der Waals surface area contributed by atoms with Gasteiger partial charge in [0.05, 0.1) is 6.10 Å². The fraction of sp³-hybridized carbons (Fsp3) is 0.625. The van der Waals surface area contributed by atoms with E-state index in [4.69, 9.17) is 0 Å². The molecule has 1 aliphatic carbocycles. The first-order valence-electron chi connectivity index (χ1n) is 7.24. The molecule has 98 valence electrons. The lowest BCUT2D eigenvalue weighted by Gasteiger charge is -2.28. The van der Waals surface area contributed by atoms with E-state index in [2.05, 4.69) is 24.3 Å². The molecule has 1 aliphatic heterocycles. The van der Waals surface area contributed by atoms with Crippen LogP contribution >= 0.6 is 11.8 Å². The standard InChI is InChI=1S/C16H22OS/c17-16(15-6-1-2-11-18-15)14-9-7-13(8-10-14)12-4-3-5-12/h7-10,12,15-17H,1-6,11H2. The van der Waals surface area contributed by atoms with Gasteiger partial charge in [0.15, 0.2) is 0 Å². The number of rotatable bonds is 3. The first-order valence-corrected chi connectivity index (χ1v) is 8.29. The predicted molar refractivity (Wildman–Crippen MR) is 78.1 cm³/mol. The van der Waals surface area contributed by atoms with Gasteiger partial charge >= 0.3 is 0 Å². The second-order valence-corrected chi connectivity index (χ2v) is 6.99. The monoisotopic (exact) mass is 262 g/mol. The maximum Gasteiger partial charge on any atom is 0.0908 e. The van der Waals surface area contributed by atoms with E-state index < -0.39 is 0 Å². The highest BCUT2D eigenvalue weighted by atomic mass is 32.2. The van der Waals surface area contributed by atoms with Gasteiger partial charge in [0.1, 0.15) is 0 Å². The zero-order valence-electron chi connectivity index (χ0n) is 10.8. The summed E-state index contributed by atoms with van der Waals surface area (Å²) in [5.41, 5.74) is 2.57. The second-order valence-electron chi connectivity index (χ2n) is 5.64. The Morgan fingerprint density at radius 2 is 1.78 bits per heavy atom. The van der Waals surface area contributed by atoms with Gasteiger partial charge in [0, 0.05) is 5.25 Å². The minimum atomic E-state index is -0.272. The van der Waals surface area contributed by atoms with Crippen molar-refractivity contribution in [3.63, 3.8) is 0 Å². The van der Waals surface area contributed by atoms with E-state index in [0.717, 1.165) is 17.9 Å². The summed E-state index contributed by atoms with van der Waals surface area (Å²) in [6.45, 7) is 0. The van der Waals surface area contributed by atoms with Crippen LogP contribution in [0.3, 0.4) is 0 Å². The highest BCUT2D eigenvalue weighted by molar-refractivity contribution is 7.99. The zero-order valence-corrected chi connectivity index (χ0v) is 11.7. The minimum Gasteiger partial charge on any atom is -0.387 e. The quantitative estimate of drug-likeness (QED) is 0.877. The molecule has 2 fully saturated rings. The summed E-state index contributed by atoms with van der Waals surface area (Å²) in [6.07, 6.45) is 7.56. The van der Waals surface area contributed by atoms with Crippen LogP contribution in [0.2, 0.25) is 0 Å². The molecule has 2 unspecified atom stereocenters. The van der Waals surface area contributed by atoms with E-state index >= 15 is 0 Å². The summed E-state index contributed by atoms with van der Waals surface area (Å²) in [7, 11) is 0. The maximum atomic E-state index is 10.4. The van der Waals surface area contributed by atoms with Crippen LogP contribution in [0.25, 0.3) is 0 Å². The largest absolute Gasteiger partial charge is 0.387 e. The van der Waals surface area contributed by atoms with Crippen LogP contribution < -0.4 is 0 Å². The van der Waals surface area contributed by atoms with E-state index in [1.165, 1.54) is 43.4 Å². The van der Waals surface area contributed by atoms with Crippen molar-refractivity contribution < 1.29 is 5.11 Å². The zero-order chi connectivity index (χ0) is 12.4. The van der Waals surface area contributed by atoms with Crippen LogP contribution in [0.4, 0.5) is 0 Å². The van der Waals surface area contributed by atoms with Crippen LogP contribution in [0.5, 0.6) is 0 Å². The topological polar surface area (TPSA) is 20.2 Å². The van der Waals surface area contributed by atoms with Gasteiger partial charge in [0.25, 0.3) is 0 Å². The van der Waals surface area contributed by atoms with Gasteiger partial charge in [-0.25, -0.2) is 0 Å². The third-order valence-corrected chi connectivity index (χ3v) is 5.87. The normalized spacial score (nSPS) is 26.6. The summed E-state index contributed by atoms with van der Waals surface area (Å²) in [4.78, 5) is 0. The van der Waals surface area contributed by atoms with Crippen molar-refractivity contribution in [2.75, 3.05) is 5.75 Å². The summed E-state index contributed by atoms with van der Waals surface area (Å²) < 4.78 is 0. The molecule has 1 aromatic carbocycles. The van der Waals surface area contributed by atoms with E-state index in [9.17, 15) is 5.11 Å². The molecule has 2 atom stereocenters. The smallest absolute Gasteiger partial charge is 0.0908 e. The van der Waals surface area contributed by atoms with E-state index in [-0.39, 0.29) is 6.10 Å². The van der Waals surface area contributed by atoms with Gasteiger partial charge in [0.2, 0.25) is 0 Å². The molecule has 0 amide bonds. The van der Waals surface area contributed by atoms with Gasteiger partial charge in [-0.05, 0) is 48.5 Å². The fourth-order valence-corrected chi connectivity index (χ4v) is 4.28. The number of thioether (sulfide) groups is 1. The molecule has 1 saturated carbocycles. The molecule has 0 aromatic heterocycles. The van der Waals surface area contributed by atoms with Crippen molar-refractivity contribution >= 4 is 11.8 Å². The Morgan fingerprint density at radius 1 is 1.00 bits per heavy atom. The van der Waals surface area contributed by atoms with Crippen LogP contribution in [-0.4, -0.2) is 16.1 Å². The number of aliphatic hydroxyl groups is 1. The number of hydrogen-bond donors (Lipinski definition) is 1. The van der Waals surface area contributed by atoms with Crippen LogP contribution in [-0.2, 0) is 0 Å². The van der Waals surface area contributed by atoms with Crippen molar-refractivity contribution in [3.05, 3.63) is 35.4 Å². The van der Waals surface area contributed by atoms with Gasteiger partial charge in [-0.3, -0.25) is 0 Å². The Kier molecular flexibility index (Phi) is 3.95. The molecular weight excluding hydrogens is 240 g/mol. The molecule has 0 radical (unpaired) electrons. The number of hydrogen-bond acceptors (Lipinski definition) is 2. The number of aliphatic hydroxyl groups excluding tert-OH is 1. The first kappa shape index (κ1) is 12.6. The van der Waals surface area contributed by atoms with E-state index in [1.807, 2.05) is 11.8 Å². The lowest BCUT2D eigenvalue weighted by Crippen LogP contribution is -2.19. The van der Waals surface area contributed by atoms with Gasteiger partial charge in [-0.1, -0.05) is 37.1 Å². The van der Waals surface area contributed by atoms with Crippen molar-refractivity contribution in [2.24, 2.45) is 0 Å². The Hall–Kier alpha value is -0.470. The highest BCUT2D eigenvalue weighted by Gasteiger charge is 2.24. The van der Waals surface area contributed by atoms with Gasteiger partial charge in [-0.15, -0.1) is 0 Å². The Labute approximate surface area is 114 Å². The molecule has 1 aromatic rings. The maximum absolute atomic E-state index is 10.4. The van der Waals surface area contributed by atoms with Crippen LogP contribution in [0.1, 0.15) is 61.7 Å². The Bertz CT molecular complexity index is 377. The molecule has 18 heavy (non-hydrogen) atoms. The predicted octanol–water partition coefficient (Wildman–Crippen LogP) is 4.27. The van der Waals surface area contributed by atoms with Crippen molar-refractivity contribution in [2.45, 2.75) is 55.8 Å². The molecule has 0 spiro atoms. The highest BCUT2D eigenvalue weighted by Crippen LogP contribution is 2.38. The molecule has 1 nitrogen and oxygen atoms in total. The molecule has 2 aliphatic rings. The first-order chi connectivity index (χ1) is 8.84. The van der Waals surface area contributed by atoms with Crippen molar-refractivity contribution in [3.8, 4) is 0 Å². The molecular formula is C16H22OS. The van der Waals surface area contributed by atoms with Gasteiger partial charge < -0.3 is 5.11 Å². The van der Waals surface area contributed by atoms with E-state index in [1.54, 1.807) is 0 Å². The third-order valence-electron chi connectivity index (χ3n) is 4.42. The molecule has 1 saturated heterocycles. The number of benzene rings is 1. The summed E-state index contributed by atoms with van der Waals surface area (Å²) >= 11 is 1.94. The molecule has 1 heterocycles. The Balaban J connectivity index is 1.67. The SMILES string of the molecule is OC(c1ccc(C2CCC2)cc1)C1CCCCS1. The molecule has 1 N–H and O–H groups in total. The minimum absolute atomic E-state index is 0.272. The van der Waals surface area contributed by atoms with Gasteiger partial charge in [-0.2, -0.15) is 11.8 Å². The summed E-state index contributed by atoms with van der Waals surface area (Å²) in [5.74, 6) is 2.00. The molecule has 2 heteroatoms. The average molecular weight is 262 g/mol. The lowest BCUT2D eigenvalue weighted by molar-refractivity contribution is 0.169. The van der Waals surface area contributed by atoms with Crippen LogP contribution in [0.15, 0.2) is 24.3 Å². The van der Waals surface area contributed by atoms with Crippen LogP contribution in [0, 0.1) is 0 Å². The van der Waals surface area contributed by atoms with E-state index in [0.29, 0.717) is 5.25 Å². The Morgan fingerprint density at radius 3 is 2.33 bits per heavy atom.